The highest BCUT2D eigenvalue weighted by atomic mass is 15.1. The average Bonchev–Trinajstić information content (AvgIpc) is 2.54. The molecule has 2 N–H and O–H groups in total. The first-order chi connectivity index (χ1) is 8.94. The van der Waals surface area contributed by atoms with Crippen LogP contribution in [0.3, 0.4) is 0 Å². The van der Waals surface area contributed by atoms with Crippen molar-refractivity contribution in [2.24, 2.45) is 23.0 Å². The zero-order chi connectivity index (χ0) is 14.3. The molecule has 2 nitrogen and oxygen atoms in total. The van der Waals surface area contributed by atoms with Crippen LogP contribution in [0.5, 0.6) is 0 Å². The Morgan fingerprint density at radius 2 is 1.89 bits per heavy atom. The second-order valence-corrected chi connectivity index (χ2v) is 7.58. The van der Waals surface area contributed by atoms with E-state index < -0.39 is 0 Å². The van der Waals surface area contributed by atoms with Crippen molar-refractivity contribution >= 4 is 0 Å². The molecule has 1 fully saturated rings. The van der Waals surface area contributed by atoms with Gasteiger partial charge in [-0.3, -0.25) is 0 Å². The summed E-state index contributed by atoms with van der Waals surface area (Å²) in [6, 6.07) is 0. The predicted molar refractivity (Wildman–Crippen MR) is 85.3 cm³/mol. The van der Waals surface area contributed by atoms with Gasteiger partial charge in [-0.25, -0.2) is 0 Å². The van der Waals surface area contributed by atoms with Crippen molar-refractivity contribution < 1.29 is 0 Å². The third kappa shape index (κ3) is 6.76. The van der Waals surface area contributed by atoms with Gasteiger partial charge in [0, 0.05) is 0 Å². The average molecular weight is 268 g/mol. The number of nitrogens with two attached hydrogens (primary N) is 1. The van der Waals surface area contributed by atoms with E-state index >= 15 is 0 Å². The molecule has 1 heterocycles. The van der Waals surface area contributed by atoms with Gasteiger partial charge in [0.05, 0.1) is 0 Å². The number of hydrogen-bond donors (Lipinski definition) is 1. The lowest BCUT2D eigenvalue weighted by atomic mass is 9.84. The van der Waals surface area contributed by atoms with Crippen LogP contribution in [0.15, 0.2) is 0 Å². The minimum absolute atomic E-state index is 0.432. The van der Waals surface area contributed by atoms with E-state index in [2.05, 4.69) is 32.6 Å². The fraction of sp³-hybridized carbons (Fsp3) is 1.00. The van der Waals surface area contributed by atoms with Crippen LogP contribution in [-0.2, 0) is 0 Å². The molecular formula is C17H36N2. The van der Waals surface area contributed by atoms with Crippen molar-refractivity contribution in [3.63, 3.8) is 0 Å². The Bertz CT molecular complexity index is 235. The van der Waals surface area contributed by atoms with Crippen molar-refractivity contribution in [3.8, 4) is 0 Å². The normalized spacial score (nSPS) is 22.7. The van der Waals surface area contributed by atoms with Crippen molar-refractivity contribution in [1.29, 1.82) is 0 Å². The standard InChI is InChI=1S/C17H36N2/c1-15(2)16-7-5-12-19(14-8-16)13-6-9-17(3,4)10-11-18/h15-16H,5-14,18H2,1-4H3. The molecule has 114 valence electrons. The fourth-order valence-corrected chi connectivity index (χ4v) is 3.37. The second kappa shape index (κ2) is 8.26. The fourth-order valence-electron chi connectivity index (χ4n) is 3.37. The highest BCUT2D eigenvalue weighted by molar-refractivity contribution is 4.74. The quantitative estimate of drug-likeness (QED) is 0.759. The highest BCUT2D eigenvalue weighted by Gasteiger charge is 2.20. The number of hydrogen-bond acceptors (Lipinski definition) is 2. The molecular weight excluding hydrogens is 232 g/mol. The molecule has 0 saturated carbocycles. The summed E-state index contributed by atoms with van der Waals surface area (Å²) < 4.78 is 0. The van der Waals surface area contributed by atoms with E-state index in [1.54, 1.807) is 0 Å². The lowest BCUT2D eigenvalue weighted by Crippen LogP contribution is -2.27. The van der Waals surface area contributed by atoms with Crippen LogP contribution >= 0.6 is 0 Å². The van der Waals surface area contributed by atoms with Crippen LogP contribution in [0.4, 0.5) is 0 Å². The first kappa shape index (κ1) is 17.0. The Hall–Kier alpha value is -0.0800. The zero-order valence-electron chi connectivity index (χ0n) is 13.8. The Kier molecular flexibility index (Phi) is 7.38. The molecule has 0 amide bonds. The maximum Gasteiger partial charge on any atom is -0.00160 e. The molecule has 19 heavy (non-hydrogen) atoms. The van der Waals surface area contributed by atoms with Gasteiger partial charge in [-0.15, -0.1) is 0 Å². The third-order valence-corrected chi connectivity index (χ3v) is 4.96. The maximum atomic E-state index is 5.68. The predicted octanol–water partition coefficient (Wildman–Crippen LogP) is 3.90. The first-order valence-electron chi connectivity index (χ1n) is 8.37. The molecule has 1 rings (SSSR count). The van der Waals surface area contributed by atoms with Gasteiger partial charge in [-0.05, 0) is 82.0 Å². The van der Waals surface area contributed by atoms with Gasteiger partial charge in [-0.1, -0.05) is 27.7 Å². The Balaban J connectivity index is 2.23. The van der Waals surface area contributed by atoms with E-state index in [4.69, 9.17) is 5.73 Å². The lowest BCUT2D eigenvalue weighted by molar-refractivity contribution is 0.236. The zero-order valence-corrected chi connectivity index (χ0v) is 13.8. The van der Waals surface area contributed by atoms with Crippen LogP contribution in [0, 0.1) is 17.3 Å². The molecule has 1 saturated heterocycles. The van der Waals surface area contributed by atoms with Crippen molar-refractivity contribution in [1.82, 2.24) is 4.90 Å². The lowest BCUT2D eigenvalue weighted by Gasteiger charge is -2.26. The summed E-state index contributed by atoms with van der Waals surface area (Å²) in [6.45, 7) is 14.2. The Morgan fingerprint density at radius 1 is 1.16 bits per heavy atom. The number of nitrogens with zero attached hydrogens (tertiary/aromatic N) is 1. The molecule has 0 aliphatic carbocycles. The Morgan fingerprint density at radius 3 is 2.53 bits per heavy atom. The summed E-state index contributed by atoms with van der Waals surface area (Å²) in [5.41, 5.74) is 6.11. The summed E-state index contributed by atoms with van der Waals surface area (Å²) >= 11 is 0. The molecule has 0 aromatic carbocycles. The first-order valence-corrected chi connectivity index (χ1v) is 8.37. The van der Waals surface area contributed by atoms with Crippen LogP contribution in [0.2, 0.25) is 0 Å². The summed E-state index contributed by atoms with van der Waals surface area (Å²) in [5, 5.41) is 0. The van der Waals surface area contributed by atoms with E-state index in [1.807, 2.05) is 0 Å². The monoisotopic (exact) mass is 268 g/mol. The SMILES string of the molecule is CC(C)C1CCCN(CCCC(C)(C)CCN)CC1. The van der Waals surface area contributed by atoms with E-state index in [0.29, 0.717) is 5.41 Å². The molecule has 0 radical (unpaired) electrons. The summed E-state index contributed by atoms with van der Waals surface area (Å²) in [5.74, 6) is 1.82. The summed E-state index contributed by atoms with van der Waals surface area (Å²) in [7, 11) is 0. The molecule has 0 bridgehead atoms. The van der Waals surface area contributed by atoms with E-state index in [1.165, 1.54) is 51.7 Å². The van der Waals surface area contributed by atoms with Gasteiger partial charge in [-0.2, -0.15) is 0 Å². The van der Waals surface area contributed by atoms with E-state index in [9.17, 15) is 0 Å². The van der Waals surface area contributed by atoms with Gasteiger partial charge in [0.25, 0.3) is 0 Å². The van der Waals surface area contributed by atoms with Gasteiger partial charge >= 0.3 is 0 Å². The van der Waals surface area contributed by atoms with Crippen molar-refractivity contribution in [2.75, 3.05) is 26.2 Å². The number of rotatable bonds is 7. The van der Waals surface area contributed by atoms with Crippen LogP contribution in [-0.4, -0.2) is 31.1 Å². The topological polar surface area (TPSA) is 29.3 Å². The van der Waals surface area contributed by atoms with E-state index in [0.717, 1.165) is 24.8 Å². The molecule has 1 aliphatic rings. The Labute approximate surface area is 121 Å². The maximum absolute atomic E-state index is 5.68. The summed E-state index contributed by atoms with van der Waals surface area (Å²) in [4.78, 5) is 2.70. The minimum atomic E-state index is 0.432. The highest BCUT2D eigenvalue weighted by Crippen LogP contribution is 2.27. The molecule has 0 aromatic heterocycles. The van der Waals surface area contributed by atoms with Crippen molar-refractivity contribution in [3.05, 3.63) is 0 Å². The van der Waals surface area contributed by atoms with Crippen molar-refractivity contribution in [2.45, 2.75) is 66.2 Å². The molecule has 1 atom stereocenters. The van der Waals surface area contributed by atoms with Gasteiger partial charge < -0.3 is 10.6 Å². The molecule has 1 aliphatic heterocycles. The van der Waals surface area contributed by atoms with Crippen LogP contribution in [0.1, 0.15) is 66.2 Å². The molecule has 1 unspecified atom stereocenters. The van der Waals surface area contributed by atoms with Crippen LogP contribution < -0.4 is 5.73 Å². The van der Waals surface area contributed by atoms with Gasteiger partial charge in [0.1, 0.15) is 0 Å². The summed E-state index contributed by atoms with van der Waals surface area (Å²) in [6.07, 6.45) is 8.04. The third-order valence-electron chi connectivity index (χ3n) is 4.96. The van der Waals surface area contributed by atoms with Gasteiger partial charge in [0.2, 0.25) is 0 Å². The molecule has 0 spiro atoms. The smallest absolute Gasteiger partial charge is 0.00160 e. The molecule has 0 aromatic rings. The van der Waals surface area contributed by atoms with Crippen LogP contribution in [0.25, 0.3) is 0 Å². The second-order valence-electron chi connectivity index (χ2n) is 7.58. The minimum Gasteiger partial charge on any atom is -0.330 e. The molecule has 2 heteroatoms. The van der Waals surface area contributed by atoms with Gasteiger partial charge in [0.15, 0.2) is 0 Å². The largest absolute Gasteiger partial charge is 0.330 e. The number of likely N-dealkylation sites (tertiary alicyclic amines) is 1. The van der Waals surface area contributed by atoms with E-state index in [-0.39, 0.29) is 0 Å².